The van der Waals surface area contributed by atoms with Gasteiger partial charge < -0.3 is 24.9 Å². The van der Waals surface area contributed by atoms with E-state index in [2.05, 4.69) is 26.3 Å². The minimum absolute atomic E-state index is 0.0667. The number of pyridine rings is 2. The summed E-state index contributed by atoms with van der Waals surface area (Å²) in [5, 5.41) is 32.0. The van der Waals surface area contributed by atoms with Crippen molar-refractivity contribution in [3.63, 3.8) is 0 Å². The lowest BCUT2D eigenvalue weighted by molar-refractivity contribution is 0.0970. The van der Waals surface area contributed by atoms with Crippen LogP contribution in [0.4, 0.5) is 0 Å². The van der Waals surface area contributed by atoms with Crippen molar-refractivity contribution < 1.29 is 14.6 Å². The Bertz CT molecular complexity index is 1400. The number of aryl methyl sites for hydroxylation is 1. The van der Waals surface area contributed by atoms with E-state index in [9.17, 15) is 15.2 Å². The van der Waals surface area contributed by atoms with Crippen molar-refractivity contribution in [2.24, 2.45) is 0 Å². The zero-order valence-corrected chi connectivity index (χ0v) is 21.9. The highest BCUT2D eigenvalue weighted by Gasteiger charge is 2.20. The third-order valence-corrected chi connectivity index (χ3v) is 6.73. The fourth-order valence-electron chi connectivity index (χ4n) is 4.53. The molecule has 1 fully saturated rings. The van der Waals surface area contributed by atoms with Crippen molar-refractivity contribution in [1.29, 1.82) is 10.5 Å². The highest BCUT2D eigenvalue weighted by atomic mass is 16.5. The van der Waals surface area contributed by atoms with Crippen molar-refractivity contribution in [2.75, 3.05) is 39.4 Å². The zero-order valence-electron chi connectivity index (χ0n) is 21.9. The summed E-state index contributed by atoms with van der Waals surface area (Å²) in [6.07, 6.45) is 2.91. The number of H-pyrrole nitrogens is 1. The number of benzene rings is 1. The molecular formula is C29H32N6O4. The number of aromatic nitrogens is 2. The van der Waals surface area contributed by atoms with Crippen LogP contribution in [-0.2, 0) is 0 Å². The molecule has 1 aliphatic heterocycles. The molecule has 3 N–H and O–H groups in total. The summed E-state index contributed by atoms with van der Waals surface area (Å²) in [5.41, 5.74) is 2.38. The van der Waals surface area contributed by atoms with Crippen molar-refractivity contribution in [3.8, 4) is 34.9 Å². The van der Waals surface area contributed by atoms with E-state index in [4.69, 9.17) is 14.7 Å². The van der Waals surface area contributed by atoms with Crippen molar-refractivity contribution in [3.05, 3.63) is 75.8 Å². The van der Waals surface area contributed by atoms with Gasteiger partial charge in [-0.1, -0.05) is 12.1 Å². The number of nitriles is 2. The molecule has 1 aliphatic rings. The normalized spacial score (nSPS) is 14.8. The first-order chi connectivity index (χ1) is 19.0. The van der Waals surface area contributed by atoms with Gasteiger partial charge in [0.05, 0.1) is 5.56 Å². The van der Waals surface area contributed by atoms with Gasteiger partial charge in [0.15, 0.2) is 0 Å². The number of aliphatic hydroxyl groups excluding tert-OH is 1. The smallest absolute Gasteiger partial charge is 0.266 e. The number of ether oxygens (including phenoxy) is 2. The number of likely N-dealkylation sites (tertiary alicyclic amines) is 1. The molecule has 0 amide bonds. The second kappa shape index (κ2) is 13.5. The van der Waals surface area contributed by atoms with Gasteiger partial charge in [0, 0.05) is 42.7 Å². The first kappa shape index (κ1) is 27.8. The quantitative estimate of drug-likeness (QED) is 0.341. The van der Waals surface area contributed by atoms with Crippen LogP contribution in [0.5, 0.6) is 11.6 Å². The van der Waals surface area contributed by atoms with Crippen LogP contribution in [-0.4, -0.2) is 71.5 Å². The molecule has 4 rings (SSSR count). The Kier molecular flexibility index (Phi) is 9.65. The Balaban J connectivity index is 1.17. The van der Waals surface area contributed by atoms with Crippen molar-refractivity contribution in [1.82, 2.24) is 20.2 Å². The monoisotopic (exact) mass is 528 g/mol. The van der Waals surface area contributed by atoms with Gasteiger partial charge in [0.25, 0.3) is 5.56 Å². The summed E-state index contributed by atoms with van der Waals surface area (Å²) in [7, 11) is 0. The summed E-state index contributed by atoms with van der Waals surface area (Å²) in [4.78, 5) is 21.2. The molecule has 1 saturated heterocycles. The topological polar surface area (TPSA) is 147 Å². The average Bonchev–Trinajstić information content (AvgIpc) is 2.96. The van der Waals surface area contributed by atoms with Crippen molar-refractivity contribution in [2.45, 2.75) is 31.9 Å². The summed E-state index contributed by atoms with van der Waals surface area (Å²) in [6.45, 7) is 5.44. The molecule has 1 atom stereocenters. The summed E-state index contributed by atoms with van der Waals surface area (Å²) < 4.78 is 11.5. The van der Waals surface area contributed by atoms with Gasteiger partial charge >= 0.3 is 0 Å². The van der Waals surface area contributed by atoms with Gasteiger partial charge in [0.2, 0.25) is 5.88 Å². The number of hydrogen-bond donors (Lipinski definition) is 3. The van der Waals surface area contributed by atoms with E-state index in [1.807, 2.05) is 18.2 Å². The van der Waals surface area contributed by atoms with Crippen LogP contribution in [0.1, 0.15) is 29.7 Å². The molecule has 1 aromatic carbocycles. The number of nitrogens with zero attached hydrogens (tertiary/aromatic N) is 4. The number of para-hydroxylation sites is 1. The van der Waals surface area contributed by atoms with E-state index in [-0.39, 0.29) is 12.2 Å². The highest BCUT2D eigenvalue weighted by Crippen LogP contribution is 2.24. The molecule has 0 spiro atoms. The van der Waals surface area contributed by atoms with E-state index in [0.29, 0.717) is 42.1 Å². The molecule has 0 saturated carbocycles. The van der Waals surface area contributed by atoms with Crippen LogP contribution in [0.3, 0.4) is 0 Å². The molecule has 0 bridgehead atoms. The molecule has 3 heterocycles. The largest absolute Gasteiger partial charge is 0.489 e. The molecule has 10 nitrogen and oxygen atoms in total. The van der Waals surface area contributed by atoms with Gasteiger partial charge in [-0.3, -0.25) is 9.69 Å². The minimum atomic E-state index is -0.669. The minimum Gasteiger partial charge on any atom is -0.489 e. The first-order valence-corrected chi connectivity index (χ1v) is 13.0. The molecule has 3 aromatic rings. The summed E-state index contributed by atoms with van der Waals surface area (Å²) >= 11 is 0. The molecule has 0 aliphatic carbocycles. The number of rotatable bonds is 11. The predicted molar refractivity (Wildman–Crippen MR) is 145 cm³/mol. The Morgan fingerprint density at radius 1 is 1.15 bits per heavy atom. The molecule has 202 valence electrons. The van der Waals surface area contributed by atoms with Gasteiger partial charge in [-0.2, -0.15) is 10.5 Å². The number of aromatic amines is 1. The predicted octanol–water partition coefficient (Wildman–Crippen LogP) is 2.36. The fraction of sp³-hybridized carbons (Fsp3) is 0.379. The van der Waals surface area contributed by atoms with Gasteiger partial charge in [-0.05, 0) is 62.7 Å². The molecule has 2 aromatic heterocycles. The number of piperidine rings is 1. The number of hydrogen-bond acceptors (Lipinski definition) is 9. The van der Waals surface area contributed by atoms with Crippen LogP contribution in [0.15, 0.2) is 53.5 Å². The fourth-order valence-corrected chi connectivity index (χ4v) is 4.53. The third kappa shape index (κ3) is 7.65. The SMILES string of the molecule is Cc1[nH]c(=O)c(C#N)cc1-c1ccnc(OCCN2CCC(NC[C@H](O)COc3ccccc3C#N)CC2)c1. The van der Waals surface area contributed by atoms with E-state index in [1.165, 1.54) is 0 Å². The zero-order chi connectivity index (χ0) is 27.6. The van der Waals surface area contributed by atoms with Gasteiger partial charge in [-0.15, -0.1) is 0 Å². The van der Waals surface area contributed by atoms with Crippen LogP contribution in [0, 0.1) is 29.6 Å². The Labute approximate surface area is 227 Å². The van der Waals surface area contributed by atoms with Crippen LogP contribution in [0.2, 0.25) is 0 Å². The molecule has 10 heteroatoms. The van der Waals surface area contributed by atoms with Crippen LogP contribution >= 0.6 is 0 Å². The average molecular weight is 529 g/mol. The second-order valence-electron chi connectivity index (χ2n) is 9.49. The molecule has 0 unspecified atom stereocenters. The Morgan fingerprint density at radius 2 is 1.92 bits per heavy atom. The van der Waals surface area contributed by atoms with Gasteiger partial charge in [0.1, 0.15) is 42.8 Å². The Morgan fingerprint density at radius 3 is 2.69 bits per heavy atom. The Hall–Kier alpha value is -4.22. The van der Waals surface area contributed by atoms with E-state index in [0.717, 1.165) is 43.6 Å². The standard InChI is InChI=1S/C29H32N6O4/c1-20-26(14-23(17-31)29(37)34-20)21-6-9-32-28(15-21)38-13-12-35-10-7-24(8-11-35)33-18-25(36)19-39-27-5-3-2-4-22(27)16-30/h2-6,9,14-15,24-25,33,36H,7-8,10-13,18-19H2,1H3,(H,34,37)/t25-/m0/s1. The highest BCUT2D eigenvalue weighted by molar-refractivity contribution is 5.67. The van der Waals surface area contributed by atoms with Crippen molar-refractivity contribution >= 4 is 0 Å². The van der Waals surface area contributed by atoms with Crippen LogP contribution in [0.25, 0.3) is 11.1 Å². The third-order valence-electron chi connectivity index (χ3n) is 6.73. The van der Waals surface area contributed by atoms with Crippen LogP contribution < -0.4 is 20.3 Å². The second-order valence-corrected chi connectivity index (χ2v) is 9.49. The first-order valence-electron chi connectivity index (χ1n) is 13.0. The van der Waals surface area contributed by atoms with E-state index >= 15 is 0 Å². The lowest BCUT2D eigenvalue weighted by Gasteiger charge is -2.32. The molecular weight excluding hydrogens is 496 g/mol. The lowest BCUT2D eigenvalue weighted by Crippen LogP contribution is -2.46. The lowest BCUT2D eigenvalue weighted by atomic mass is 10.0. The maximum Gasteiger partial charge on any atom is 0.266 e. The molecule has 39 heavy (non-hydrogen) atoms. The maximum absolute atomic E-state index is 11.8. The maximum atomic E-state index is 11.8. The van der Waals surface area contributed by atoms with Gasteiger partial charge in [-0.25, -0.2) is 4.98 Å². The van der Waals surface area contributed by atoms with E-state index in [1.54, 1.807) is 43.5 Å². The number of nitrogens with one attached hydrogen (secondary N) is 2. The number of aliphatic hydroxyl groups is 1. The van der Waals surface area contributed by atoms with E-state index < -0.39 is 11.7 Å². The summed E-state index contributed by atoms with van der Waals surface area (Å²) in [5.74, 6) is 0.970. The molecule has 0 radical (unpaired) electrons. The summed E-state index contributed by atoms with van der Waals surface area (Å²) in [6, 6.07) is 16.5.